The lowest BCUT2D eigenvalue weighted by atomic mass is 10.0. The molecule has 35 heavy (non-hydrogen) atoms. The molecule has 0 spiro atoms. The zero-order valence-electron chi connectivity index (χ0n) is 20.4. The Bertz CT molecular complexity index is 1530. The van der Waals surface area contributed by atoms with E-state index in [1.54, 1.807) is 10.9 Å². The van der Waals surface area contributed by atoms with Gasteiger partial charge in [-0.3, -0.25) is 9.48 Å². The molecule has 0 aliphatic rings. The van der Waals surface area contributed by atoms with Gasteiger partial charge in [0.05, 0.1) is 17.9 Å². The number of nitrogens with zero attached hydrogens (tertiary/aromatic N) is 5. The minimum atomic E-state index is -0.153. The molecule has 7 heteroatoms. The highest BCUT2D eigenvalue weighted by atomic mass is 16.2. The Labute approximate surface area is 204 Å². The van der Waals surface area contributed by atoms with Gasteiger partial charge in [0.1, 0.15) is 6.54 Å². The maximum Gasteiger partial charge on any atom is 0.246 e. The Hall–Kier alpha value is -4.26. The molecule has 0 atom stereocenters. The Morgan fingerprint density at radius 3 is 2.46 bits per heavy atom. The van der Waals surface area contributed by atoms with Crippen LogP contribution < -0.4 is 5.32 Å². The Kier molecular flexibility index (Phi) is 5.91. The minimum absolute atomic E-state index is 0.0797. The van der Waals surface area contributed by atoms with Crippen LogP contribution in [0, 0.1) is 27.7 Å². The summed E-state index contributed by atoms with van der Waals surface area (Å²) in [6, 6.07) is 20.3. The van der Waals surface area contributed by atoms with Crippen LogP contribution in [0.3, 0.4) is 0 Å². The van der Waals surface area contributed by atoms with Crippen LogP contribution >= 0.6 is 0 Å². The molecule has 0 aliphatic carbocycles. The van der Waals surface area contributed by atoms with Crippen molar-refractivity contribution in [2.45, 2.75) is 40.8 Å². The van der Waals surface area contributed by atoms with E-state index in [-0.39, 0.29) is 12.5 Å². The SMILES string of the molecule is Cc1ccc(-c2ccnc3c2c(C)nn3CC(=O)Nc2cccc(Cn3nc(C)cc3C)c2)cc1. The van der Waals surface area contributed by atoms with Crippen molar-refractivity contribution in [2.75, 3.05) is 5.32 Å². The Morgan fingerprint density at radius 2 is 1.71 bits per heavy atom. The van der Waals surface area contributed by atoms with E-state index in [2.05, 4.69) is 57.8 Å². The van der Waals surface area contributed by atoms with E-state index >= 15 is 0 Å². The van der Waals surface area contributed by atoms with E-state index in [0.29, 0.717) is 12.2 Å². The molecule has 1 amide bonds. The summed E-state index contributed by atoms with van der Waals surface area (Å²) in [4.78, 5) is 17.5. The van der Waals surface area contributed by atoms with E-state index in [9.17, 15) is 4.79 Å². The van der Waals surface area contributed by atoms with Gasteiger partial charge in [0.2, 0.25) is 5.91 Å². The third-order valence-electron chi connectivity index (χ3n) is 6.11. The summed E-state index contributed by atoms with van der Waals surface area (Å²) in [7, 11) is 0. The van der Waals surface area contributed by atoms with Crippen LogP contribution in [0.2, 0.25) is 0 Å². The highest BCUT2D eigenvalue weighted by Gasteiger charge is 2.16. The molecule has 3 aromatic heterocycles. The summed E-state index contributed by atoms with van der Waals surface area (Å²) >= 11 is 0. The number of anilines is 1. The number of hydrogen-bond donors (Lipinski definition) is 1. The number of hydrogen-bond acceptors (Lipinski definition) is 4. The van der Waals surface area contributed by atoms with Crippen molar-refractivity contribution in [3.63, 3.8) is 0 Å². The first-order valence-corrected chi connectivity index (χ1v) is 11.7. The van der Waals surface area contributed by atoms with Crippen molar-refractivity contribution in [3.8, 4) is 11.1 Å². The molecule has 0 saturated carbocycles. The van der Waals surface area contributed by atoms with Crippen molar-refractivity contribution in [1.82, 2.24) is 24.5 Å². The quantitative estimate of drug-likeness (QED) is 0.374. The molecule has 0 unspecified atom stereocenters. The van der Waals surface area contributed by atoms with Crippen molar-refractivity contribution >= 4 is 22.6 Å². The van der Waals surface area contributed by atoms with Crippen LogP contribution in [0.5, 0.6) is 0 Å². The molecule has 5 rings (SSSR count). The molecule has 0 bridgehead atoms. The number of carbonyl (C=O) groups excluding carboxylic acids is 1. The number of nitrogens with one attached hydrogen (secondary N) is 1. The van der Waals surface area contributed by atoms with E-state index < -0.39 is 0 Å². The van der Waals surface area contributed by atoms with E-state index in [1.165, 1.54) is 5.56 Å². The second-order valence-electron chi connectivity index (χ2n) is 9.00. The topological polar surface area (TPSA) is 77.6 Å². The molecule has 1 N–H and O–H groups in total. The first kappa shape index (κ1) is 22.5. The fraction of sp³-hybridized carbons (Fsp3) is 0.214. The Balaban J connectivity index is 1.35. The summed E-state index contributed by atoms with van der Waals surface area (Å²) in [6.07, 6.45) is 1.77. The fourth-order valence-electron chi connectivity index (χ4n) is 4.46. The highest BCUT2D eigenvalue weighted by molar-refractivity contribution is 5.96. The van der Waals surface area contributed by atoms with Gasteiger partial charge in [0.15, 0.2) is 5.65 Å². The molecule has 7 nitrogen and oxygen atoms in total. The van der Waals surface area contributed by atoms with Gasteiger partial charge in [-0.2, -0.15) is 10.2 Å². The third-order valence-corrected chi connectivity index (χ3v) is 6.11. The predicted octanol–water partition coefficient (Wildman–Crippen LogP) is 5.22. The molecule has 5 aromatic rings. The van der Waals surface area contributed by atoms with Gasteiger partial charge < -0.3 is 5.32 Å². The second kappa shape index (κ2) is 9.18. The lowest BCUT2D eigenvalue weighted by Gasteiger charge is -2.09. The maximum atomic E-state index is 12.9. The average molecular weight is 465 g/mol. The number of benzene rings is 2. The highest BCUT2D eigenvalue weighted by Crippen LogP contribution is 2.30. The summed E-state index contributed by atoms with van der Waals surface area (Å²) in [5, 5.41) is 13.1. The third kappa shape index (κ3) is 4.71. The molecule has 0 aliphatic heterocycles. The van der Waals surface area contributed by atoms with Gasteiger partial charge in [0.25, 0.3) is 0 Å². The largest absolute Gasteiger partial charge is 0.324 e. The summed E-state index contributed by atoms with van der Waals surface area (Å²) in [5.74, 6) is -0.153. The summed E-state index contributed by atoms with van der Waals surface area (Å²) in [5.41, 5.74) is 8.85. The fourth-order valence-corrected chi connectivity index (χ4v) is 4.46. The number of carbonyl (C=O) groups is 1. The maximum absolute atomic E-state index is 12.9. The van der Waals surface area contributed by atoms with Crippen LogP contribution in [-0.4, -0.2) is 30.5 Å². The molecule has 0 saturated heterocycles. The van der Waals surface area contributed by atoms with Crippen LogP contribution in [0.25, 0.3) is 22.2 Å². The second-order valence-corrected chi connectivity index (χ2v) is 9.00. The number of pyridine rings is 1. The molecule has 2 aromatic carbocycles. The summed E-state index contributed by atoms with van der Waals surface area (Å²) < 4.78 is 3.64. The van der Waals surface area contributed by atoms with Crippen LogP contribution in [-0.2, 0) is 17.9 Å². The number of amides is 1. The van der Waals surface area contributed by atoms with Crippen LogP contribution in [0.1, 0.15) is 28.2 Å². The average Bonchev–Trinajstić information content (AvgIpc) is 3.31. The standard InChI is InChI=1S/C28H28N6O/c1-18-8-10-23(11-9-18)25-12-13-29-28-27(25)21(4)32-34(28)17-26(35)30-24-7-5-6-22(15-24)16-33-20(3)14-19(2)31-33/h5-15H,16-17H2,1-4H3,(H,30,35). The van der Waals surface area contributed by atoms with Crippen molar-refractivity contribution in [1.29, 1.82) is 0 Å². The smallest absolute Gasteiger partial charge is 0.246 e. The normalized spacial score (nSPS) is 11.2. The zero-order chi connectivity index (χ0) is 24.5. The Morgan fingerprint density at radius 1 is 0.914 bits per heavy atom. The predicted molar refractivity (Wildman–Crippen MR) is 138 cm³/mol. The minimum Gasteiger partial charge on any atom is -0.324 e. The van der Waals surface area contributed by atoms with Crippen molar-refractivity contribution < 1.29 is 4.79 Å². The molecule has 176 valence electrons. The van der Waals surface area contributed by atoms with E-state index in [0.717, 1.165) is 44.8 Å². The molecule has 0 fully saturated rings. The van der Waals surface area contributed by atoms with E-state index in [4.69, 9.17) is 0 Å². The first-order chi connectivity index (χ1) is 16.9. The van der Waals surface area contributed by atoms with Gasteiger partial charge in [-0.25, -0.2) is 9.67 Å². The van der Waals surface area contributed by atoms with Gasteiger partial charge in [0, 0.05) is 23.0 Å². The van der Waals surface area contributed by atoms with Gasteiger partial charge >= 0.3 is 0 Å². The zero-order valence-corrected chi connectivity index (χ0v) is 20.4. The lowest BCUT2D eigenvalue weighted by Crippen LogP contribution is -2.20. The number of rotatable bonds is 6. The lowest BCUT2D eigenvalue weighted by molar-refractivity contribution is -0.116. The van der Waals surface area contributed by atoms with Gasteiger partial charge in [-0.15, -0.1) is 0 Å². The van der Waals surface area contributed by atoms with Gasteiger partial charge in [-0.1, -0.05) is 42.0 Å². The number of aryl methyl sites for hydroxylation is 4. The molecule has 3 heterocycles. The first-order valence-electron chi connectivity index (χ1n) is 11.7. The monoisotopic (exact) mass is 464 g/mol. The van der Waals surface area contributed by atoms with Crippen molar-refractivity contribution in [2.24, 2.45) is 0 Å². The van der Waals surface area contributed by atoms with Crippen LogP contribution in [0.15, 0.2) is 66.9 Å². The van der Waals surface area contributed by atoms with E-state index in [1.807, 2.05) is 55.8 Å². The number of fused-ring (bicyclic) bond motifs is 1. The number of aromatic nitrogens is 5. The summed E-state index contributed by atoms with van der Waals surface area (Å²) in [6.45, 7) is 8.79. The molecular formula is C28H28N6O. The van der Waals surface area contributed by atoms with Crippen molar-refractivity contribution in [3.05, 3.63) is 95.1 Å². The van der Waals surface area contributed by atoms with Gasteiger partial charge in [-0.05, 0) is 68.7 Å². The molecular weight excluding hydrogens is 436 g/mol. The van der Waals surface area contributed by atoms with Crippen LogP contribution in [0.4, 0.5) is 5.69 Å². The molecule has 0 radical (unpaired) electrons.